The van der Waals surface area contributed by atoms with Crippen molar-refractivity contribution < 1.29 is 13.9 Å². The molecule has 3 nitrogen and oxygen atoms in total. The maximum atomic E-state index is 13.6. The number of benzene rings is 2. The lowest BCUT2D eigenvalue weighted by Gasteiger charge is -2.19. The van der Waals surface area contributed by atoms with Crippen molar-refractivity contribution >= 4 is 27.5 Å². The Morgan fingerprint density at radius 3 is 2.33 bits per heavy atom. The molecule has 21 heavy (non-hydrogen) atoms. The van der Waals surface area contributed by atoms with Gasteiger partial charge >= 0.3 is 0 Å². The first-order valence-corrected chi connectivity index (χ1v) is 7.27. The van der Waals surface area contributed by atoms with Crippen LogP contribution in [0.4, 0.5) is 4.39 Å². The normalized spacial score (nSPS) is 12.1. The van der Waals surface area contributed by atoms with Gasteiger partial charge in [-0.3, -0.25) is 0 Å². The summed E-state index contributed by atoms with van der Waals surface area (Å²) in [4.78, 5) is 0. The molecule has 0 saturated heterocycles. The van der Waals surface area contributed by atoms with E-state index in [9.17, 15) is 4.39 Å². The highest BCUT2D eigenvalue weighted by Gasteiger charge is 2.20. The van der Waals surface area contributed by atoms with Gasteiger partial charge in [-0.15, -0.1) is 0 Å². The topological polar surface area (TPSA) is 44.5 Å². The van der Waals surface area contributed by atoms with Crippen molar-refractivity contribution in [3.8, 4) is 11.5 Å². The van der Waals surface area contributed by atoms with E-state index in [1.165, 1.54) is 13.2 Å². The van der Waals surface area contributed by atoms with Gasteiger partial charge in [0.2, 0.25) is 0 Å². The van der Waals surface area contributed by atoms with Gasteiger partial charge in [0.1, 0.15) is 17.3 Å². The van der Waals surface area contributed by atoms with Crippen molar-refractivity contribution in [3.05, 3.63) is 56.8 Å². The van der Waals surface area contributed by atoms with E-state index in [2.05, 4.69) is 15.9 Å². The Hall–Kier alpha value is -1.30. The van der Waals surface area contributed by atoms with Crippen LogP contribution in [-0.2, 0) is 0 Å². The van der Waals surface area contributed by atoms with Gasteiger partial charge in [-0.2, -0.15) is 0 Å². The van der Waals surface area contributed by atoms with Crippen molar-refractivity contribution in [1.82, 2.24) is 0 Å². The van der Waals surface area contributed by atoms with E-state index in [1.807, 2.05) is 0 Å². The summed E-state index contributed by atoms with van der Waals surface area (Å²) in [5.41, 5.74) is 7.62. The molecule has 0 aliphatic heterocycles. The number of ether oxygens (including phenoxy) is 2. The number of rotatable bonds is 4. The van der Waals surface area contributed by atoms with Crippen LogP contribution >= 0.6 is 27.5 Å². The molecule has 1 unspecified atom stereocenters. The van der Waals surface area contributed by atoms with Crippen LogP contribution in [0.2, 0.25) is 5.02 Å². The Balaban J connectivity index is 2.56. The molecule has 112 valence electrons. The van der Waals surface area contributed by atoms with Crippen LogP contribution in [0.3, 0.4) is 0 Å². The monoisotopic (exact) mass is 373 g/mol. The van der Waals surface area contributed by atoms with E-state index >= 15 is 0 Å². The van der Waals surface area contributed by atoms with Crippen LogP contribution in [0.25, 0.3) is 0 Å². The summed E-state index contributed by atoms with van der Waals surface area (Å²) in [5, 5.41) is 0.543. The van der Waals surface area contributed by atoms with Gasteiger partial charge in [0.05, 0.1) is 24.7 Å². The summed E-state index contributed by atoms with van der Waals surface area (Å²) in [6.07, 6.45) is 0. The summed E-state index contributed by atoms with van der Waals surface area (Å²) in [7, 11) is 3.02. The highest BCUT2D eigenvalue weighted by atomic mass is 79.9. The van der Waals surface area contributed by atoms with Crippen molar-refractivity contribution in [2.24, 2.45) is 5.73 Å². The van der Waals surface area contributed by atoms with E-state index in [-0.39, 0.29) is 0 Å². The number of methoxy groups -OCH3 is 2. The second kappa shape index (κ2) is 6.64. The molecule has 2 aromatic rings. The maximum absolute atomic E-state index is 13.6. The minimum absolute atomic E-state index is 0.315. The standard InChI is InChI=1S/C15H14BrClFNO2/c1-20-13-4-3-8(17)5-9(13)15(19)10-6-11(16)12(18)7-14(10)21-2/h3-7,15H,19H2,1-2H3. The second-order valence-corrected chi connectivity index (χ2v) is 5.66. The van der Waals surface area contributed by atoms with Crippen molar-refractivity contribution in [3.63, 3.8) is 0 Å². The Labute approximate surface area is 135 Å². The number of hydrogen-bond acceptors (Lipinski definition) is 3. The quantitative estimate of drug-likeness (QED) is 0.867. The highest BCUT2D eigenvalue weighted by molar-refractivity contribution is 9.10. The van der Waals surface area contributed by atoms with Crippen LogP contribution in [0.5, 0.6) is 11.5 Å². The van der Waals surface area contributed by atoms with E-state index in [1.54, 1.807) is 31.4 Å². The van der Waals surface area contributed by atoms with Crippen LogP contribution in [0.1, 0.15) is 17.2 Å². The summed E-state index contributed by atoms with van der Waals surface area (Å²) < 4.78 is 24.4. The SMILES string of the molecule is COc1ccc(Cl)cc1C(N)c1cc(Br)c(F)cc1OC. The van der Waals surface area contributed by atoms with Gasteiger partial charge in [-0.25, -0.2) is 4.39 Å². The van der Waals surface area contributed by atoms with Gasteiger partial charge in [0, 0.05) is 22.2 Å². The molecule has 0 heterocycles. The fourth-order valence-corrected chi connectivity index (χ4v) is 2.62. The molecular formula is C15H14BrClFNO2. The van der Waals surface area contributed by atoms with Gasteiger partial charge < -0.3 is 15.2 Å². The largest absolute Gasteiger partial charge is 0.496 e. The minimum atomic E-state index is -0.564. The van der Waals surface area contributed by atoms with E-state index in [0.29, 0.717) is 32.1 Å². The van der Waals surface area contributed by atoms with Crippen molar-refractivity contribution in [2.75, 3.05) is 14.2 Å². The molecular weight excluding hydrogens is 361 g/mol. The first-order valence-electron chi connectivity index (χ1n) is 6.10. The Kier molecular flexibility index (Phi) is 5.08. The Morgan fingerprint density at radius 1 is 1.10 bits per heavy atom. The molecule has 0 bridgehead atoms. The summed E-state index contributed by atoms with van der Waals surface area (Å²) >= 11 is 9.18. The summed E-state index contributed by atoms with van der Waals surface area (Å²) in [6.45, 7) is 0. The average molecular weight is 375 g/mol. The third-order valence-electron chi connectivity index (χ3n) is 3.13. The zero-order chi connectivity index (χ0) is 15.6. The number of nitrogens with two attached hydrogens (primary N) is 1. The van der Waals surface area contributed by atoms with Gasteiger partial charge in [0.15, 0.2) is 0 Å². The van der Waals surface area contributed by atoms with Gasteiger partial charge in [-0.1, -0.05) is 11.6 Å². The van der Waals surface area contributed by atoms with E-state index < -0.39 is 11.9 Å². The van der Waals surface area contributed by atoms with Gasteiger partial charge in [-0.05, 0) is 40.2 Å². The predicted octanol–water partition coefficient (Wildman–Crippen LogP) is 4.31. The van der Waals surface area contributed by atoms with E-state index in [0.717, 1.165) is 0 Å². The van der Waals surface area contributed by atoms with Crippen molar-refractivity contribution in [1.29, 1.82) is 0 Å². The fourth-order valence-electron chi connectivity index (χ4n) is 2.08. The van der Waals surface area contributed by atoms with Gasteiger partial charge in [0.25, 0.3) is 0 Å². The molecule has 0 aromatic heterocycles. The molecule has 0 spiro atoms. The number of hydrogen-bond donors (Lipinski definition) is 1. The maximum Gasteiger partial charge on any atom is 0.141 e. The average Bonchev–Trinajstić information content (AvgIpc) is 2.48. The molecule has 1 atom stereocenters. The molecule has 0 radical (unpaired) electrons. The zero-order valence-corrected chi connectivity index (χ0v) is 13.8. The highest BCUT2D eigenvalue weighted by Crippen LogP contribution is 2.36. The molecule has 6 heteroatoms. The lowest BCUT2D eigenvalue weighted by Crippen LogP contribution is -2.14. The molecule has 0 aliphatic rings. The van der Waals surface area contributed by atoms with Crippen LogP contribution in [0, 0.1) is 5.82 Å². The molecule has 2 rings (SSSR count). The Bertz CT molecular complexity index is 666. The second-order valence-electron chi connectivity index (χ2n) is 4.37. The number of halogens is 3. The molecule has 2 aromatic carbocycles. The lowest BCUT2D eigenvalue weighted by atomic mass is 9.97. The molecule has 0 fully saturated rings. The van der Waals surface area contributed by atoms with Crippen LogP contribution in [-0.4, -0.2) is 14.2 Å². The fraction of sp³-hybridized carbons (Fsp3) is 0.200. The lowest BCUT2D eigenvalue weighted by molar-refractivity contribution is 0.398. The minimum Gasteiger partial charge on any atom is -0.496 e. The molecule has 0 amide bonds. The summed E-state index contributed by atoms with van der Waals surface area (Å²) in [6, 6.07) is 7.50. The molecule has 0 aliphatic carbocycles. The third-order valence-corrected chi connectivity index (χ3v) is 3.98. The van der Waals surface area contributed by atoms with Crippen LogP contribution in [0.15, 0.2) is 34.8 Å². The predicted molar refractivity (Wildman–Crippen MR) is 84.7 cm³/mol. The van der Waals surface area contributed by atoms with E-state index in [4.69, 9.17) is 26.8 Å². The first kappa shape index (κ1) is 16.1. The Morgan fingerprint density at radius 2 is 1.71 bits per heavy atom. The molecule has 0 saturated carbocycles. The van der Waals surface area contributed by atoms with Crippen LogP contribution < -0.4 is 15.2 Å². The summed E-state index contributed by atoms with van der Waals surface area (Å²) in [5.74, 6) is 0.556. The molecule has 2 N–H and O–H groups in total. The smallest absolute Gasteiger partial charge is 0.141 e. The first-order chi connectivity index (χ1) is 9.97. The zero-order valence-electron chi connectivity index (χ0n) is 11.5. The van der Waals surface area contributed by atoms with Crippen molar-refractivity contribution in [2.45, 2.75) is 6.04 Å². The third kappa shape index (κ3) is 3.31.